The van der Waals surface area contributed by atoms with Crippen LogP contribution in [0.1, 0.15) is 49.3 Å². The second-order valence-electron chi connectivity index (χ2n) is 7.80. The molecule has 1 fully saturated rings. The Hall–Kier alpha value is -2.32. The molecule has 0 saturated carbocycles. The van der Waals surface area contributed by atoms with Crippen molar-refractivity contribution in [3.63, 3.8) is 0 Å². The zero-order valence-electron chi connectivity index (χ0n) is 16.9. The van der Waals surface area contributed by atoms with Gasteiger partial charge >= 0.3 is 11.3 Å². The predicted molar refractivity (Wildman–Crippen MR) is 113 cm³/mol. The van der Waals surface area contributed by atoms with Crippen LogP contribution in [0.25, 0.3) is 11.0 Å². The van der Waals surface area contributed by atoms with Gasteiger partial charge in [0.05, 0.1) is 12.6 Å². The molecule has 1 aliphatic rings. The summed E-state index contributed by atoms with van der Waals surface area (Å²) < 4.78 is 12.7. The summed E-state index contributed by atoms with van der Waals surface area (Å²) in [6.07, 6.45) is 2.01. The number of rotatable bonds is 6. The summed E-state index contributed by atoms with van der Waals surface area (Å²) >= 11 is 1.43. The van der Waals surface area contributed by atoms with E-state index in [0.29, 0.717) is 29.0 Å². The van der Waals surface area contributed by atoms with Gasteiger partial charge in [-0.1, -0.05) is 25.6 Å². The minimum atomic E-state index is -0.372. The van der Waals surface area contributed by atoms with Gasteiger partial charge in [0.25, 0.3) is 0 Å². The van der Waals surface area contributed by atoms with Crippen LogP contribution in [0.15, 0.2) is 37.4 Å². The predicted octanol–water partition coefficient (Wildman–Crippen LogP) is 3.58. The highest BCUT2D eigenvalue weighted by molar-refractivity contribution is 7.98. The fraction of sp³-hybridized carbons (Fsp3) is 0.476. The summed E-state index contributed by atoms with van der Waals surface area (Å²) in [5.41, 5.74) is 3.20. The SMILES string of the molecule is Cc1cc2oc(=O)cc(CSc3n[nH]c(=O)n3C[C@H]3CCCO3)c2cc1C(C)C. The third kappa shape index (κ3) is 4.18. The van der Waals surface area contributed by atoms with Crippen molar-refractivity contribution in [2.75, 3.05) is 6.61 Å². The number of aromatic nitrogens is 3. The van der Waals surface area contributed by atoms with E-state index in [-0.39, 0.29) is 17.4 Å². The molecule has 0 unspecified atom stereocenters. The summed E-state index contributed by atoms with van der Waals surface area (Å²) in [6.45, 7) is 7.56. The van der Waals surface area contributed by atoms with E-state index in [1.807, 2.05) is 13.0 Å². The fourth-order valence-corrected chi connectivity index (χ4v) is 4.79. The molecule has 0 aliphatic carbocycles. The van der Waals surface area contributed by atoms with Gasteiger partial charge in [0.1, 0.15) is 5.58 Å². The smallest absolute Gasteiger partial charge is 0.344 e. The highest BCUT2D eigenvalue weighted by Crippen LogP contribution is 2.30. The number of benzene rings is 1. The van der Waals surface area contributed by atoms with Crippen molar-refractivity contribution in [3.8, 4) is 0 Å². The standard InChI is InChI=1S/C21H25N3O4S/c1-12(2)16-9-17-14(8-19(25)28-18(17)7-13(16)3)11-29-21-23-22-20(26)24(21)10-15-5-4-6-27-15/h7-9,12,15H,4-6,10-11H2,1-3H3,(H,22,26)/t15-/m1/s1. The Morgan fingerprint density at radius 1 is 1.31 bits per heavy atom. The molecule has 29 heavy (non-hydrogen) atoms. The van der Waals surface area contributed by atoms with Gasteiger partial charge in [-0.05, 0) is 54.5 Å². The number of H-pyrrole nitrogens is 1. The largest absolute Gasteiger partial charge is 0.423 e. The van der Waals surface area contributed by atoms with Gasteiger partial charge in [0.2, 0.25) is 0 Å². The number of fused-ring (bicyclic) bond motifs is 1. The van der Waals surface area contributed by atoms with Crippen LogP contribution in [0.2, 0.25) is 0 Å². The normalized spacial score (nSPS) is 16.9. The molecule has 3 aromatic rings. The van der Waals surface area contributed by atoms with Crippen molar-refractivity contribution >= 4 is 22.7 Å². The molecule has 0 amide bonds. The highest BCUT2D eigenvalue weighted by atomic mass is 32.2. The second kappa shape index (κ2) is 8.20. The summed E-state index contributed by atoms with van der Waals surface area (Å²) in [5, 5.41) is 8.22. The lowest BCUT2D eigenvalue weighted by Gasteiger charge is -2.13. The van der Waals surface area contributed by atoms with Crippen LogP contribution in [-0.4, -0.2) is 27.5 Å². The minimum absolute atomic E-state index is 0.0471. The second-order valence-corrected chi connectivity index (χ2v) is 8.74. The molecule has 154 valence electrons. The minimum Gasteiger partial charge on any atom is -0.423 e. The number of hydrogen-bond donors (Lipinski definition) is 1. The Morgan fingerprint density at radius 2 is 2.14 bits per heavy atom. The van der Waals surface area contributed by atoms with Gasteiger partial charge in [-0.2, -0.15) is 0 Å². The third-order valence-electron chi connectivity index (χ3n) is 5.33. The van der Waals surface area contributed by atoms with Crippen LogP contribution in [0.3, 0.4) is 0 Å². The van der Waals surface area contributed by atoms with Crippen LogP contribution in [0, 0.1) is 6.92 Å². The number of nitrogens with zero attached hydrogens (tertiary/aromatic N) is 2. The van der Waals surface area contributed by atoms with Crippen molar-refractivity contribution < 1.29 is 9.15 Å². The molecule has 4 rings (SSSR count). The zero-order chi connectivity index (χ0) is 20.5. The monoisotopic (exact) mass is 415 g/mol. The summed E-state index contributed by atoms with van der Waals surface area (Å²) in [4.78, 5) is 24.3. The first kappa shape index (κ1) is 20.0. The van der Waals surface area contributed by atoms with E-state index in [1.165, 1.54) is 23.4 Å². The van der Waals surface area contributed by atoms with Gasteiger partial charge in [-0.15, -0.1) is 5.10 Å². The van der Waals surface area contributed by atoms with Crippen LogP contribution in [0.5, 0.6) is 0 Å². The Morgan fingerprint density at radius 3 is 2.86 bits per heavy atom. The first-order valence-corrected chi connectivity index (χ1v) is 10.9. The van der Waals surface area contributed by atoms with E-state index in [4.69, 9.17) is 9.15 Å². The van der Waals surface area contributed by atoms with Crippen molar-refractivity contribution in [1.82, 2.24) is 14.8 Å². The third-order valence-corrected chi connectivity index (χ3v) is 6.35. The number of thioether (sulfide) groups is 1. The maximum absolute atomic E-state index is 12.2. The number of aromatic amines is 1. The van der Waals surface area contributed by atoms with Gasteiger partial charge in [-0.3, -0.25) is 4.57 Å². The molecule has 0 spiro atoms. The molecule has 1 aromatic carbocycles. The van der Waals surface area contributed by atoms with E-state index in [9.17, 15) is 9.59 Å². The maximum atomic E-state index is 12.2. The van der Waals surface area contributed by atoms with Gasteiger partial charge in [0.15, 0.2) is 5.16 Å². The number of ether oxygens (including phenoxy) is 1. The summed E-state index contributed by atoms with van der Waals surface area (Å²) in [7, 11) is 0. The van der Waals surface area contributed by atoms with Gasteiger partial charge < -0.3 is 9.15 Å². The van der Waals surface area contributed by atoms with Crippen LogP contribution in [0.4, 0.5) is 0 Å². The topological polar surface area (TPSA) is 90.1 Å². The molecule has 3 heterocycles. The Kier molecular flexibility index (Phi) is 5.65. The lowest BCUT2D eigenvalue weighted by Crippen LogP contribution is -2.24. The summed E-state index contributed by atoms with van der Waals surface area (Å²) in [5.74, 6) is 0.883. The Balaban J connectivity index is 1.64. The molecule has 8 heteroatoms. The van der Waals surface area contributed by atoms with E-state index in [0.717, 1.165) is 36.0 Å². The van der Waals surface area contributed by atoms with Crippen LogP contribution < -0.4 is 11.3 Å². The molecular formula is C21H25N3O4S. The van der Waals surface area contributed by atoms with Crippen LogP contribution >= 0.6 is 11.8 Å². The van der Waals surface area contributed by atoms with Crippen molar-refractivity contribution in [3.05, 3.63) is 55.8 Å². The average molecular weight is 416 g/mol. The first-order chi connectivity index (χ1) is 13.9. The summed E-state index contributed by atoms with van der Waals surface area (Å²) in [6, 6.07) is 5.57. The molecule has 7 nitrogen and oxygen atoms in total. The van der Waals surface area contributed by atoms with Gasteiger partial charge in [-0.25, -0.2) is 14.7 Å². The van der Waals surface area contributed by atoms with Crippen molar-refractivity contribution in [1.29, 1.82) is 0 Å². The molecule has 1 atom stereocenters. The molecule has 0 bridgehead atoms. The zero-order valence-corrected chi connectivity index (χ0v) is 17.7. The lowest BCUT2D eigenvalue weighted by molar-refractivity contribution is 0.0941. The molecular weight excluding hydrogens is 390 g/mol. The van der Waals surface area contributed by atoms with E-state index >= 15 is 0 Å². The fourth-order valence-electron chi connectivity index (χ4n) is 3.84. The molecule has 0 radical (unpaired) electrons. The number of hydrogen-bond acceptors (Lipinski definition) is 6. The Labute approximate surface area is 172 Å². The van der Waals surface area contributed by atoms with Crippen molar-refractivity contribution in [2.45, 2.75) is 63.1 Å². The lowest BCUT2D eigenvalue weighted by atomic mass is 9.95. The Bertz CT molecular complexity index is 1140. The average Bonchev–Trinajstić information content (AvgIpc) is 3.30. The van der Waals surface area contributed by atoms with E-state index in [2.05, 4.69) is 30.1 Å². The number of nitrogens with one attached hydrogen (secondary N) is 1. The highest BCUT2D eigenvalue weighted by Gasteiger charge is 2.20. The van der Waals surface area contributed by atoms with Crippen LogP contribution in [-0.2, 0) is 17.0 Å². The molecule has 1 saturated heterocycles. The van der Waals surface area contributed by atoms with E-state index in [1.54, 1.807) is 4.57 Å². The van der Waals surface area contributed by atoms with E-state index < -0.39 is 0 Å². The quantitative estimate of drug-likeness (QED) is 0.489. The first-order valence-electron chi connectivity index (χ1n) is 9.89. The van der Waals surface area contributed by atoms with Gasteiger partial charge in [0, 0.05) is 23.8 Å². The maximum Gasteiger partial charge on any atom is 0.344 e. The molecule has 1 aliphatic heterocycles. The molecule has 2 aromatic heterocycles. The van der Waals surface area contributed by atoms with Crippen molar-refractivity contribution in [2.24, 2.45) is 0 Å². The molecule has 1 N–H and O–H groups in total. The number of aryl methyl sites for hydroxylation is 1.